The average Bonchev–Trinajstić information content (AvgIpc) is 3.22. The minimum atomic E-state index is -0.837. The van der Waals surface area contributed by atoms with E-state index in [1.54, 1.807) is 13.0 Å². The molecule has 9 heteroatoms. The van der Waals surface area contributed by atoms with Gasteiger partial charge in [0.2, 0.25) is 0 Å². The molecule has 1 aliphatic rings. The van der Waals surface area contributed by atoms with Gasteiger partial charge < -0.3 is 20.4 Å². The topological polar surface area (TPSA) is 130 Å². The number of hydrogen-bond donors (Lipinski definition) is 4. The molecule has 1 aliphatic heterocycles. The molecule has 0 unspecified atom stereocenters. The number of unbranched alkanes of at least 4 members (excludes halogenated alkanes) is 1. The van der Waals surface area contributed by atoms with Gasteiger partial charge in [-0.05, 0) is 75.3 Å². The number of hydrogen-bond acceptors (Lipinski definition) is 7. The molecule has 0 radical (unpaired) electrons. The number of carbonyl (C=O) groups excluding carboxylic acids is 2. The highest BCUT2D eigenvalue weighted by molar-refractivity contribution is 5.95. The summed E-state index contributed by atoms with van der Waals surface area (Å²) in [7, 11) is 4.07. The van der Waals surface area contributed by atoms with E-state index < -0.39 is 24.2 Å². The molecular formula is C27H39N4O5+. The molecule has 4 atom stereocenters. The van der Waals surface area contributed by atoms with E-state index in [9.17, 15) is 19.8 Å². The first-order chi connectivity index (χ1) is 17.2. The lowest BCUT2D eigenvalue weighted by Gasteiger charge is -2.22. The molecule has 2 amide bonds. The molecule has 1 heterocycles. The number of aliphatic hydroxyl groups excluding tert-OH is 2. The zero-order chi connectivity index (χ0) is 26.2. The van der Waals surface area contributed by atoms with Crippen LogP contribution in [0.25, 0.3) is 11.1 Å². The van der Waals surface area contributed by atoms with Crippen LogP contribution < -0.4 is 11.1 Å². The van der Waals surface area contributed by atoms with Crippen LogP contribution in [0.1, 0.15) is 35.7 Å². The quantitative estimate of drug-likeness (QED) is 0.316. The van der Waals surface area contributed by atoms with Crippen LogP contribution in [0.4, 0.5) is 0 Å². The van der Waals surface area contributed by atoms with Crippen molar-refractivity contribution in [3.05, 3.63) is 59.7 Å². The Hall–Kier alpha value is -2.66. The summed E-state index contributed by atoms with van der Waals surface area (Å²) in [6.07, 6.45) is 0.435. The van der Waals surface area contributed by atoms with Crippen molar-refractivity contribution in [3.63, 3.8) is 0 Å². The number of aliphatic hydroxyl groups is 2. The highest BCUT2D eigenvalue weighted by Crippen LogP contribution is 2.32. The Kier molecular flexibility index (Phi) is 10.1. The maximum Gasteiger partial charge on any atom is 0.328 e. The van der Waals surface area contributed by atoms with E-state index in [1.807, 2.05) is 56.6 Å². The number of nitrogens with one attached hydrogen (secondary N) is 1. The van der Waals surface area contributed by atoms with E-state index >= 15 is 0 Å². The molecule has 196 valence electrons. The van der Waals surface area contributed by atoms with Gasteiger partial charge in [0.05, 0.1) is 19.3 Å². The summed E-state index contributed by atoms with van der Waals surface area (Å²) in [5, 5.41) is 24.4. The van der Waals surface area contributed by atoms with Crippen molar-refractivity contribution in [3.8, 4) is 11.1 Å². The van der Waals surface area contributed by atoms with Crippen molar-refractivity contribution in [1.82, 2.24) is 15.3 Å². The minimum absolute atomic E-state index is 0.0978. The van der Waals surface area contributed by atoms with Gasteiger partial charge in [0.1, 0.15) is 6.10 Å². The molecule has 0 aromatic heterocycles. The zero-order valence-corrected chi connectivity index (χ0v) is 21.4. The van der Waals surface area contributed by atoms with Gasteiger partial charge in [0.25, 0.3) is 5.91 Å². The highest BCUT2D eigenvalue weighted by atomic mass is 16.7. The van der Waals surface area contributed by atoms with Crippen LogP contribution >= 0.6 is 0 Å². The Bertz CT molecular complexity index is 1030. The first-order valence-corrected chi connectivity index (χ1v) is 12.4. The maximum atomic E-state index is 12.6. The molecule has 0 aliphatic carbocycles. The molecule has 9 nitrogen and oxygen atoms in total. The fourth-order valence-corrected chi connectivity index (χ4v) is 4.67. The van der Waals surface area contributed by atoms with E-state index in [4.69, 9.17) is 4.84 Å². The molecule has 1 saturated heterocycles. The smallest absolute Gasteiger partial charge is 0.328 e. The molecule has 36 heavy (non-hydrogen) atoms. The van der Waals surface area contributed by atoms with E-state index in [1.165, 1.54) is 5.06 Å². The first-order valence-electron chi connectivity index (χ1n) is 12.4. The molecule has 3 rings (SSSR count). The van der Waals surface area contributed by atoms with E-state index in [0.717, 1.165) is 36.1 Å². The van der Waals surface area contributed by atoms with Crippen LogP contribution in [0, 0.1) is 5.92 Å². The lowest BCUT2D eigenvalue weighted by atomic mass is 9.89. The third-order valence-electron chi connectivity index (χ3n) is 6.48. The van der Waals surface area contributed by atoms with Crippen molar-refractivity contribution in [2.75, 3.05) is 33.8 Å². The van der Waals surface area contributed by atoms with Gasteiger partial charge in [-0.2, -0.15) is 5.06 Å². The molecule has 1 fully saturated rings. The molecule has 6 N–H and O–H groups in total. The number of amides is 2. The van der Waals surface area contributed by atoms with Gasteiger partial charge in [0, 0.05) is 18.0 Å². The van der Waals surface area contributed by atoms with Crippen LogP contribution in [0.2, 0.25) is 0 Å². The predicted molar refractivity (Wildman–Crippen MR) is 136 cm³/mol. The maximum absolute atomic E-state index is 12.6. The van der Waals surface area contributed by atoms with E-state index in [2.05, 4.69) is 16.0 Å². The van der Waals surface area contributed by atoms with Crippen LogP contribution in [0.3, 0.4) is 0 Å². The second-order valence-corrected chi connectivity index (χ2v) is 9.68. The Morgan fingerprint density at radius 3 is 2.47 bits per heavy atom. The number of carbonyl (C=O) groups is 2. The molecule has 0 saturated carbocycles. The van der Waals surface area contributed by atoms with Crippen molar-refractivity contribution in [2.45, 2.75) is 44.6 Å². The second-order valence-electron chi connectivity index (χ2n) is 9.68. The van der Waals surface area contributed by atoms with Crippen LogP contribution in [-0.4, -0.2) is 84.0 Å². The van der Waals surface area contributed by atoms with Crippen LogP contribution in [0.15, 0.2) is 48.5 Å². The van der Waals surface area contributed by atoms with Crippen molar-refractivity contribution in [1.29, 1.82) is 0 Å². The lowest BCUT2D eigenvalue weighted by Crippen LogP contribution is -2.67. The molecular weight excluding hydrogens is 460 g/mol. The van der Waals surface area contributed by atoms with E-state index in [0.29, 0.717) is 12.1 Å². The molecule has 2 aromatic rings. The first kappa shape index (κ1) is 27.9. The Morgan fingerprint density at radius 1 is 1.14 bits per heavy atom. The number of quaternary nitrogens is 1. The Balaban J connectivity index is 1.70. The summed E-state index contributed by atoms with van der Waals surface area (Å²) in [5.41, 5.74) is 6.86. The molecule has 0 spiro atoms. The van der Waals surface area contributed by atoms with Crippen LogP contribution in [-0.2, 0) is 16.2 Å². The van der Waals surface area contributed by atoms with Crippen molar-refractivity contribution in [2.24, 2.45) is 5.92 Å². The fraction of sp³-hybridized carbons (Fsp3) is 0.481. The Morgan fingerprint density at radius 2 is 1.83 bits per heavy atom. The van der Waals surface area contributed by atoms with Gasteiger partial charge >= 0.3 is 5.91 Å². The normalized spacial score (nSPS) is 21.0. The van der Waals surface area contributed by atoms with Gasteiger partial charge in [-0.1, -0.05) is 30.3 Å². The van der Waals surface area contributed by atoms with Gasteiger partial charge in [-0.15, -0.1) is 0 Å². The summed E-state index contributed by atoms with van der Waals surface area (Å²) in [4.78, 5) is 32.9. The lowest BCUT2D eigenvalue weighted by molar-refractivity contribution is -0.318. The minimum Gasteiger partial charge on any atom is -0.394 e. The number of hydroxylamine groups is 2. The van der Waals surface area contributed by atoms with Crippen LogP contribution in [0.5, 0.6) is 0 Å². The van der Waals surface area contributed by atoms with Gasteiger partial charge in [-0.25, -0.2) is 4.79 Å². The van der Waals surface area contributed by atoms with Crippen molar-refractivity contribution >= 4 is 11.8 Å². The number of nitrogens with zero attached hydrogens (tertiary/aromatic N) is 2. The summed E-state index contributed by atoms with van der Waals surface area (Å²) in [6, 6.07) is 14.5. The summed E-state index contributed by atoms with van der Waals surface area (Å²) < 4.78 is 0. The zero-order valence-electron chi connectivity index (χ0n) is 21.4. The second kappa shape index (κ2) is 13.0. The van der Waals surface area contributed by atoms with Gasteiger partial charge in [-0.3, -0.25) is 15.4 Å². The van der Waals surface area contributed by atoms with Crippen molar-refractivity contribution < 1.29 is 30.4 Å². The average molecular weight is 500 g/mol. The molecule has 0 bridgehead atoms. The fourth-order valence-electron chi connectivity index (χ4n) is 4.67. The number of benzene rings is 2. The monoisotopic (exact) mass is 499 g/mol. The SMILES string of the molecule is C[C@H](O)[C@@H]1[C@H](CO)ON(Cc2cccc(-c3cccc(C(=O)NCCCCN(C)C)c3)c2)[C@@H]1C([NH3+])=O. The third-order valence-corrected chi connectivity index (χ3v) is 6.48. The number of rotatable bonds is 12. The highest BCUT2D eigenvalue weighted by Gasteiger charge is 2.50. The van der Waals surface area contributed by atoms with Gasteiger partial charge in [0.15, 0.2) is 6.04 Å². The standard InChI is InChI=1S/C27H38N4O5/c1-18(33)24-23(17-32)36-31(25(24)26(28)34)16-19-8-6-9-20(14-19)21-10-7-11-22(15-21)27(35)29-12-4-5-13-30(2)3/h6-11,14-15,18,23-25,32-33H,4-5,12-13,16-17H2,1-3H3,(H2,28,34)(H,29,35)/p+1/t18-,23-,24+,25-/m0/s1. The summed E-state index contributed by atoms with van der Waals surface area (Å²) >= 11 is 0. The summed E-state index contributed by atoms with van der Waals surface area (Å²) in [5.74, 6) is -1.03. The van der Waals surface area contributed by atoms with E-state index in [-0.39, 0.29) is 25.0 Å². The predicted octanol–water partition coefficient (Wildman–Crippen LogP) is 0.667. The Labute approximate surface area is 212 Å². The largest absolute Gasteiger partial charge is 0.394 e. The molecule has 2 aromatic carbocycles. The third kappa shape index (κ3) is 7.19. The summed E-state index contributed by atoms with van der Waals surface area (Å²) in [6.45, 7) is 3.20.